The molecule has 0 aromatic rings. The Morgan fingerprint density at radius 2 is 1.58 bits per heavy atom. The van der Waals surface area contributed by atoms with E-state index in [0.29, 0.717) is 37.0 Å². The molecule has 0 aromatic heterocycles. The molecule has 7 heteroatoms. The number of halogens is 1. The molecule has 108 valence electrons. The summed E-state index contributed by atoms with van der Waals surface area (Å²) in [5, 5.41) is 0. The van der Waals surface area contributed by atoms with Gasteiger partial charge in [0.25, 0.3) is 5.50 Å². The lowest BCUT2D eigenvalue weighted by atomic mass is 9.54. The summed E-state index contributed by atoms with van der Waals surface area (Å²) in [6.45, 7) is 0. The van der Waals surface area contributed by atoms with E-state index in [1.807, 2.05) is 0 Å². The highest BCUT2D eigenvalue weighted by molar-refractivity contribution is 7.86. The van der Waals surface area contributed by atoms with Gasteiger partial charge in [0.2, 0.25) is 0 Å². The van der Waals surface area contributed by atoms with Crippen LogP contribution in [0.5, 0.6) is 0 Å². The second kappa shape index (κ2) is 4.15. The van der Waals surface area contributed by atoms with Crippen LogP contribution in [0.3, 0.4) is 0 Å². The third-order valence-corrected chi connectivity index (χ3v) is 5.44. The Hall–Kier alpha value is -0.690. The number of hydrogen-bond acceptors (Lipinski definition) is 5. The molecule has 1 unspecified atom stereocenters. The van der Waals surface area contributed by atoms with Crippen LogP contribution in [0.15, 0.2) is 0 Å². The van der Waals surface area contributed by atoms with Gasteiger partial charge in [0.15, 0.2) is 0 Å². The van der Waals surface area contributed by atoms with Crippen molar-refractivity contribution in [2.45, 2.75) is 49.6 Å². The van der Waals surface area contributed by atoms with Crippen molar-refractivity contribution in [1.29, 1.82) is 0 Å². The minimum absolute atomic E-state index is 0.487. The molecule has 1 atom stereocenters. The van der Waals surface area contributed by atoms with Crippen molar-refractivity contribution in [2.24, 2.45) is 17.8 Å². The van der Waals surface area contributed by atoms with Gasteiger partial charge < -0.3 is 9.29 Å². The molecule has 0 saturated heterocycles. The van der Waals surface area contributed by atoms with E-state index in [1.165, 1.54) is 0 Å². The molecule has 4 fully saturated rings. The molecule has 0 spiro atoms. The van der Waals surface area contributed by atoms with Gasteiger partial charge in [0.05, 0.1) is 0 Å². The van der Waals surface area contributed by atoms with Gasteiger partial charge >= 0.3 is 5.97 Å². The highest BCUT2D eigenvalue weighted by Gasteiger charge is 2.53. The molecule has 4 rings (SSSR count). The Bertz CT molecular complexity index is 465. The third kappa shape index (κ3) is 2.38. The number of esters is 1. The maximum atomic E-state index is 13.2. The van der Waals surface area contributed by atoms with Gasteiger partial charge in [-0.25, -0.2) is 17.6 Å². The van der Waals surface area contributed by atoms with E-state index in [4.69, 9.17) is 4.74 Å². The van der Waals surface area contributed by atoms with Crippen molar-refractivity contribution >= 4 is 16.1 Å². The highest BCUT2D eigenvalue weighted by Crippen LogP contribution is 2.57. The zero-order valence-electron chi connectivity index (χ0n) is 10.4. The molecule has 0 N–H and O–H groups in total. The number of carbonyl (C=O) groups excluding carboxylic acids is 1. The molecule has 19 heavy (non-hydrogen) atoms. The second-order valence-corrected chi connectivity index (χ2v) is 7.73. The summed E-state index contributed by atoms with van der Waals surface area (Å²) in [4.78, 5) is 11.5. The summed E-state index contributed by atoms with van der Waals surface area (Å²) in [6.07, 6.45) is 5.39. The molecular weight excluding hydrogens is 275 g/mol. The van der Waals surface area contributed by atoms with Gasteiger partial charge in [-0.2, -0.15) is 0 Å². The van der Waals surface area contributed by atoms with Gasteiger partial charge in [0.1, 0.15) is 15.7 Å². The van der Waals surface area contributed by atoms with Crippen molar-refractivity contribution in [1.82, 2.24) is 0 Å². The summed E-state index contributed by atoms with van der Waals surface area (Å²) in [5.74, 6) is -0.0696. The number of carbonyl (C=O) groups is 1. The topological polar surface area (TPSA) is 83.5 Å². The van der Waals surface area contributed by atoms with Gasteiger partial charge in [-0.3, -0.25) is 0 Å². The van der Waals surface area contributed by atoms with Crippen LogP contribution < -0.4 is 0 Å². The smallest absolute Gasteiger partial charge is 0.356 e. The van der Waals surface area contributed by atoms with E-state index in [1.54, 1.807) is 0 Å². The first-order valence-corrected chi connectivity index (χ1v) is 8.06. The van der Waals surface area contributed by atoms with Crippen LogP contribution in [0.4, 0.5) is 4.39 Å². The number of rotatable bonds is 3. The van der Waals surface area contributed by atoms with E-state index < -0.39 is 27.2 Å². The monoisotopic (exact) mass is 291 g/mol. The van der Waals surface area contributed by atoms with Gasteiger partial charge in [-0.15, -0.1) is 0 Å². The first-order valence-electron chi connectivity index (χ1n) is 6.59. The van der Waals surface area contributed by atoms with Crippen LogP contribution in [-0.2, 0) is 19.6 Å². The van der Waals surface area contributed by atoms with Crippen LogP contribution in [0.25, 0.3) is 0 Å². The molecule has 5 nitrogen and oxygen atoms in total. The largest absolute Gasteiger partial charge is 0.745 e. The van der Waals surface area contributed by atoms with Crippen LogP contribution in [0.2, 0.25) is 0 Å². The first kappa shape index (κ1) is 13.3. The molecule has 4 saturated carbocycles. The van der Waals surface area contributed by atoms with Crippen LogP contribution >= 0.6 is 0 Å². The fraction of sp³-hybridized carbons (Fsp3) is 0.917. The van der Waals surface area contributed by atoms with Crippen molar-refractivity contribution in [3.8, 4) is 0 Å². The molecule has 4 aliphatic rings. The summed E-state index contributed by atoms with van der Waals surface area (Å²) >= 11 is 0. The third-order valence-electron chi connectivity index (χ3n) is 4.74. The van der Waals surface area contributed by atoms with Crippen LogP contribution in [0, 0.1) is 17.8 Å². The Morgan fingerprint density at radius 3 is 1.95 bits per heavy atom. The van der Waals surface area contributed by atoms with E-state index in [9.17, 15) is 22.2 Å². The average molecular weight is 291 g/mol. The summed E-state index contributed by atoms with van der Waals surface area (Å²) in [5.41, 5.74) is -3.82. The fourth-order valence-electron chi connectivity index (χ4n) is 4.53. The van der Waals surface area contributed by atoms with Crippen molar-refractivity contribution in [3.05, 3.63) is 0 Å². The molecule has 0 amide bonds. The van der Waals surface area contributed by atoms with E-state index in [-0.39, 0.29) is 0 Å². The zero-order valence-corrected chi connectivity index (χ0v) is 11.2. The fourth-order valence-corrected chi connectivity index (χ4v) is 4.82. The van der Waals surface area contributed by atoms with Crippen molar-refractivity contribution < 1.29 is 26.9 Å². The van der Waals surface area contributed by atoms with Gasteiger partial charge in [0, 0.05) is 0 Å². The lowest BCUT2D eigenvalue weighted by Crippen LogP contribution is -2.53. The maximum absolute atomic E-state index is 13.2. The molecule has 4 aliphatic carbocycles. The molecular formula is C12H16FO5S-. The SMILES string of the molecule is O=C(OC12CC3CC(CC(C3)C1)C2)C(F)S(=O)(=O)[O-]. The standard InChI is InChI=1S/C12H17FO5S/c13-10(19(15,16)17)11(14)18-12-4-7-1-8(5-12)3-9(2-7)6-12/h7-10H,1-6H2,(H,15,16,17)/p-1. The maximum Gasteiger partial charge on any atom is 0.356 e. The van der Waals surface area contributed by atoms with Crippen molar-refractivity contribution in [2.75, 3.05) is 0 Å². The van der Waals surface area contributed by atoms with Gasteiger partial charge in [-0.1, -0.05) is 0 Å². The summed E-state index contributed by atoms with van der Waals surface area (Å²) in [7, 11) is -5.28. The van der Waals surface area contributed by atoms with Gasteiger partial charge in [-0.05, 0) is 56.3 Å². The predicted molar refractivity (Wildman–Crippen MR) is 61.6 cm³/mol. The van der Waals surface area contributed by atoms with E-state index in [0.717, 1.165) is 19.3 Å². The lowest BCUT2D eigenvalue weighted by molar-refractivity contribution is -0.189. The van der Waals surface area contributed by atoms with Crippen LogP contribution in [0.1, 0.15) is 38.5 Å². The number of ether oxygens (including phenoxy) is 1. The second-order valence-electron chi connectivity index (χ2n) is 6.33. The Morgan fingerprint density at radius 1 is 1.16 bits per heavy atom. The summed E-state index contributed by atoms with van der Waals surface area (Å²) < 4.78 is 49.9. The molecule has 0 aromatic carbocycles. The van der Waals surface area contributed by atoms with Crippen molar-refractivity contribution in [3.63, 3.8) is 0 Å². The minimum Gasteiger partial charge on any atom is -0.745 e. The molecule has 0 heterocycles. The number of hydrogen-bond donors (Lipinski definition) is 0. The lowest BCUT2D eigenvalue weighted by Gasteiger charge is -2.55. The quantitative estimate of drug-likeness (QED) is 0.578. The molecule has 0 aliphatic heterocycles. The minimum atomic E-state index is -5.28. The Kier molecular flexibility index (Phi) is 2.91. The zero-order chi connectivity index (χ0) is 13.8. The average Bonchev–Trinajstić information content (AvgIpc) is 2.23. The Balaban J connectivity index is 1.75. The first-order chi connectivity index (χ1) is 8.77. The van der Waals surface area contributed by atoms with E-state index >= 15 is 0 Å². The Labute approximate surface area is 111 Å². The molecule has 4 bridgehead atoms. The molecule has 0 radical (unpaired) electrons. The predicted octanol–water partition coefficient (Wildman–Crippen LogP) is 1.34. The highest BCUT2D eigenvalue weighted by atomic mass is 32.2. The normalized spacial score (nSPS) is 42.1. The van der Waals surface area contributed by atoms with Crippen LogP contribution in [-0.4, -0.2) is 30.0 Å². The van der Waals surface area contributed by atoms with E-state index in [2.05, 4.69) is 0 Å². The summed E-state index contributed by atoms with van der Waals surface area (Å²) in [6, 6.07) is 0. The number of alkyl halides is 1.